The van der Waals surface area contributed by atoms with Gasteiger partial charge in [0.2, 0.25) is 5.79 Å². The molecule has 180 valence electrons. The van der Waals surface area contributed by atoms with Gasteiger partial charge in [-0.25, -0.2) is 0 Å². The van der Waals surface area contributed by atoms with Gasteiger partial charge in [0.15, 0.2) is 0 Å². The molecule has 0 radical (unpaired) electrons. The van der Waals surface area contributed by atoms with Crippen molar-refractivity contribution in [3.8, 4) is 0 Å². The standard InChI is InChI=1S/C28H32O6/c29-16-25-15-27(34-26(25)19-30-17-21-6-2-1-3-7-21)28(32-12-13-33-28)20-31-18-22-10-11-23-8-4-5-9-24(23)14-22/h1-11,14,25-27,29H,12-13,15-20H2/t25-,26+,27+/m1/s1. The molecule has 0 unspecified atom stereocenters. The SMILES string of the molecule is OC[C@H]1C[C@@H](C2(COCc3ccc4ccccc4c3)OCCO2)O[C@H]1COCc1ccccc1. The van der Waals surface area contributed by atoms with E-state index in [1.807, 2.05) is 42.5 Å². The van der Waals surface area contributed by atoms with Crippen LogP contribution < -0.4 is 0 Å². The molecule has 2 aliphatic rings. The Balaban J connectivity index is 1.18. The monoisotopic (exact) mass is 464 g/mol. The lowest BCUT2D eigenvalue weighted by Gasteiger charge is -2.32. The highest BCUT2D eigenvalue weighted by Crippen LogP contribution is 2.38. The number of aliphatic hydroxyl groups excluding tert-OH is 1. The highest BCUT2D eigenvalue weighted by molar-refractivity contribution is 5.82. The van der Waals surface area contributed by atoms with E-state index in [1.54, 1.807) is 0 Å². The van der Waals surface area contributed by atoms with Crippen molar-refractivity contribution in [1.82, 2.24) is 0 Å². The first-order chi connectivity index (χ1) is 16.8. The molecule has 6 nitrogen and oxygen atoms in total. The molecule has 2 heterocycles. The number of rotatable bonds is 10. The molecule has 3 aromatic rings. The lowest BCUT2D eigenvalue weighted by atomic mass is 9.97. The Morgan fingerprint density at radius 3 is 2.35 bits per heavy atom. The third kappa shape index (κ3) is 5.33. The van der Waals surface area contributed by atoms with Crippen molar-refractivity contribution < 1.29 is 28.8 Å². The van der Waals surface area contributed by atoms with Crippen molar-refractivity contribution in [2.45, 2.75) is 37.6 Å². The van der Waals surface area contributed by atoms with E-state index in [0.29, 0.717) is 39.5 Å². The molecule has 0 bridgehead atoms. The molecule has 6 heteroatoms. The van der Waals surface area contributed by atoms with Crippen LogP contribution >= 0.6 is 0 Å². The minimum atomic E-state index is -0.960. The van der Waals surface area contributed by atoms with E-state index < -0.39 is 5.79 Å². The fourth-order valence-corrected chi connectivity index (χ4v) is 4.79. The summed E-state index contributed by atoms with van der Waals surface area (Å²) in [5.74, 6) is -0.996. The summed E-state index contributed by atoms with van der Waals surface area (Å²) in [7, 11) is 0. The minimum absolute atomic E-state index is 0.0316. The number of fused-ring (bicyclic) bond motifs is 1. The van der Waals surface area contributed by atoms with Gasteiger partial charge in [0.05, 0.1) is 39.1 Å². The van der Waals surface area contributed by atoms with Crippen molar-refractivity contribution in [3.05, 3.63) is 83.9 Å². The molecule has 34 heavy (non-hydrogen) atoms. The van der Waals surface area contributed by atoms with Gasteiger partial charge in [-0.3, -0.25) is 0 Å². The second-order valence-electron chi connectivity index (χ2n) is 9.03. The summed E-state index contributed by atoms with van der Waals surface area (Å²) in [4.78, 5) is 0. The number of benzene rings is 3. The highest BCUT2D eigenvalue weighted by Gasteiger charge is 2.52. The number of hydrogen-bond donors (Lipinski definition) is 1. The smallest absolute Gasteiger partial charge is 0.219 e. The van der Waals surface area contributed by atoms with Gasteiger partial charge in [0.25, 0.3) is 0 Å². The maximum atomic E-state index is 9.96. The molecular formula is C28H32O6. The van der Waals surface area contributed by atoms with Crippen LogP contribution in [0.5, 0.6) is 0 Å². The zero-order valence-electron chi connectivity index (χ0n) is 19.3. The van der Waals surface area contributed by atoms with E-state index in [2.05, 4.69) is 30.3 Å². The normalized spacial score (nSPS) is 24.1. The largest absolute Gasteiger partial charge is 0.396 e. The number of ether oxygens (including phenoxy) is 5. The Kier molecular flexibility index (Phi) is 7.54. The van der Waals surface area contributed by atoms with Gasteiger partial charge < -0.3 is 28.8 Å². The third-order valence-corrected chi connectivity index (χ3v) is 6.66. The first kappa shape index (κ1) is 23.4. The molecule has 0 spiro atoms. The van der Waals surface area contributed by atoms with Gasteiger partial charge in [-0.05, 0) is 34.4 Å². The van der Waals surface area contributed by atoms with Crippen LogP contribution in [0.3, 0.4) is 0 Å². The fraction of sp³-hybridized carbons (Fsp3) is 0.429. The maximum Gasteiger partial charge on any atom is 0.219 e. The zero-order chi connectivity index (χ0) is 23.2. The van der Waals surface area contributed by atoms with E-state index in [9.17, 15) is 5.11 Å². The summed E-state index contributed by atoms with van der Waals surface area (Å²) < 4.78 is 30.4. The summed E-state index contributed by atoms with van der Waals surface area (Å²) in [6.07, 6.45) is 0.0906. The van der Waals surface area contributed by atoms with Crippen molar-refractivity contribution in [2.75, 3.05) is 33.0 Å². The van der Waals surface area contributed by atoms with Gasteiger partial charge in [0, 0.05) is 12.5 Å². The zero-order valence-corrected chi connectivity index (χ0v) is 19.3. The summed E-state index contributed by atoms with van der Waals surface area (Å²) in [5, 5.41) is 12.4. The summed E-state index contributed by atoms with van der Waals surface area (Å²) >= 11 is 0. The van der Waals surface area contributed by atoms with Crippen molar-refractivity contribution >= 4 is 10.8 Å². The molecule has 3 atom stereocenters. The minimum Gasteiger partial charge on any atom is -0.396 e. The van der Waals surface area contributed by atoms with Crippen LogP contribution in [-0.4, -0.2) is 56.1 Å². The molecular weight excluding hydrogens is 432 g/mol. The Labute approximate surface area is 200 Å². The first-order valence-electron chi connectivity index (χ1n) is 12.0. The molecule has 5 rings (SSSR count). The number of aliphatic hydroxyl groups is 1. The lowest BCUT2D eigenvalue weighted by Crippen LogP contribution is -2.48. The van der Waals surface area contributed by atoms with Crippen LogP contribution in [0, 0.1) is 5.92 Å². The van der Waals surface area contributed by atoms with Gasteiger partial charge >= 0.3 is 0 Å². The molecule has 0 saturated carbocycles. The molecule has 3 aromatic carbocycles. The Morgan fingerprint density at radius 1 is 0.824 bits per heavy atom. The summed E-state index contributed by atoms with van der Waals surface area (Å²) in [6.45, 7) is 2.67. The van der Waals surface area contributed by atoms with Gasteiger partial charge in [-0.1, -0.05) is 66.7 Å². The highest BCUT2D eigenvalue weighted by atomic mass is 16.8. The number of hydrogen-bond acceptors (Lipinski definition) is 6. The van der Waals surface area contributed by atoms with E-state index in [-0.39, 0.29) is 31.3 Å². The van der Waals surface area contributed by atoms with Crippen molar-refractivity contribution in [3.63, 3.8) is 0 Å². The van der Waals surface area contributed by atoms with Crippen LogP contribution in [0.1, 0.15) is 17.5 Å². The van der Waals surface area contributed by atoms with Gasteiger partial charge in [-0.15, -0.1) is 0 Å². The van der Waals surface area contributed by atoms with E-state index in [1.165, 1.54) is 10.8 Å². The Bertz CT molecular complexity index is 1050. The summed E-state index contributed by atoms with van der Waals surface area (Å²) in [6, 6.07) is 24.7. The predicted molar refractivity (Wildman–Crippen MR) is 128 cm³/mol. The van der Waals surface area contributed by atoms with Crippen LogP contribution in [-0.2, 0) is 36.9 Å². The van der Waals surface area contributed by atoms with Gasteiger partial charge in [-0.2, -0.15) is 0 Å². The van der Waals surface area contributed by atoms with Gasteiger partial charge in [0.1, 0.15) is 12.7 Å². The predicted octanol–water partition coefficient (Wildman–Crippen LogP) is 4.08. The van der Waals surface area contributed by atoms with Crippen LogP contribution in [0.15, 0.2) is 72.8 Å². The lowest BCUT2D eigenvalue weighted by molar-refractivity contribution is -0.256. The average Bonchev–Trinajstić information content (AvgIpc) is 3.53. The molecule has 0 amide bonds. The molecule has 2 saturated heterocycles. The van der Waals surface area contributed by atoms with E-state index in [4.69, 9.17) is 23.7 Å². The molecule has 0 aromatic heterocycles. The van der Waals surface area contributed by atoms with Crippen LogP contribution in [0.25, 0.3) is 10.8 Å². The van der Waals surface area contributed by atoms with Crippen molar-refractivity contribution in [1.29, 1.82) is 0 Å². The topological polar surface area (TPSA) is 66.4 Å². The average molecular weight is 465 g/mol. The molecule has 2 fully saturated rings. The third-order valence-electron chi connectivity index (χ3n) is 6.66. The van der Waals surface area contributed by atoms with Crippen LogP contribution in [0.2, 0.25) is 0 Å². The maximum absolute atomic E-state index is 9.96. The van der Waals surface area contributed by atoms with E-state index >= 15 is 0 Å². The Hall–Kier alpha value is -2.32. The van der Waals surface area contributed by atoms with E-state index in [0.717, 1.165) is 11.1 Å². The van der Waals surface area contributed by atoms with Crippen molar-refractivity contribution in [2.24, 2.45) is 5.92 Å². The first-order valence-corrected chi connectivity index (χ1v) is 12.0. The second-order valence-corrected chi connectivity index (χ2v) is 9.03. The van der Waals surface area contributed by atoms with Crippen LogP contribution in [0.4, 0.5) is 0 Å². The Morgan fingerprint density at radius 2 is 1.56 bits per heavy atom. The molecule has 1 N–H and O–H groups in total. The second kappa shape index (κ2) is 11.0. The fourth-order valence-electron chi connectivity index (χ4n) is 4.79. The summed E-state index contributed by atoms with van der Waals surface area (Å²) in [5.41, 5.74) is 2.21. The quantitative estimate of drug-likeness (QED) is 0.488. The molecule has 0 aliphatic carbocycles. The molecule has 2 aliphatic heterocycles.